The predicted molar refractivity (Wildman–Crippen MR) is 107 cm³/mol. The molecule has 3 aromatic rings. The number of amides is 2. The maximum atomic E-state index is 12.7. The SMILES string of the molecule is Cc1cc(C)n2nc(CC(=O)N3CCN(C(=O)Cc4c(C)noc4C)CC3)nc2n1. The fourth-order valence-corrected chi connectivity index (χ4v) is 3.75. The molecule has 4 heterocycles. The van der Waals surface area contributed by atoms with E-state index in [2.05, 4.69) is 20.2 Å². The van der Waals surface area contributed by atoms with Crippen LogP contribution in [0, 0.1) is 27.7 Å². The minimum absolute atomic E-state index is 0.0236. The Balaban J connectivity index is 1.34. The van der Waals surface area contributed by atoms with Crippen LogP contribution in [0.4, 0.5) is 0 Å². The minimum atomic E-state index is -0.0434. The van der Waals surface area contributed by atoms with Gasteiger partial charge in [-0.2, -0.15) is 4.98 Å². The van der Waals surface area contributed by atoms with Gasteiger partial charge in [-0.25, -0.2) is 9.50 Å². The van der Waals surface area contributed by atoms with Gasteiger partial charge in [0, 0.05) is 43.1 Å². The average Bonchev–Trinajstić information content (AvgIpc) is 3.25. The third kappa shape index (κ3) is 3.89. The molecule has 0 unspecified atom stereocenters. The molecule has 0 radical (unpaired) electrons. The molecule has 1 saturated heterocycles. The molecule has 4 rings (SSSR count). The zero-order valence-electron chi connectivity index (χ0n) is 17.7. The number of piperazine rings is 1. The molecule has 2 amide bonds. The number of hydrogen-bond acceptors (Lipinski definition) is 7. The van der Waals surface area contributed by atoms with Gasteiger partial charge in [0.2, 0.25) is 11.8 Å². The fraction of sp³-hybridized carbons (Fsp3) is 0.500. The first-order valence-electron chi connectivity index (χ1n) is 9.99. The topological polar surface area (TPSA) is 110 Å². The summed E-state index contributed by atoms with van der Waals surface area (Å²) in [6, 6.07) is 1.92. The molecule has 0 aliphatic carbocycles. The molecule has 0 spiro atoms. The van der Waals surface area contributed by atoms with Gasteiger partial charge in [-0.1, -0.05) is 5.16 Å². The number of nitrogens with zero attached hydrogens (tertiary/aromatic N) is 7. The van der Waals surface area contributed by atoms with Gasteiger partial charge >= 0.3 is 0 Å². The van der Waals surface area contributed by atoms with Gasteiger partial charge in [0.15, 0.2) is 5.82 Å². The summed E-state index contributed by atoms with van der Waals surface area (Å²) in [4.78, 5) is 37.6. The Morgan fingerprint density at radius 2 is 1.60 bits per heavy atom. The van der Waals surface area contributed by atoms with Gasteiger partial charge in [0.05, 0.1) is 18.5 Å². The van der Waals surface area contributed by atoms with Crippen LogP contribution >= 0.6 is 0 Å². The van der Waals surface area contributed by atoms with Crippen LogP contribution < -0.4 is 0 Å². The summed E-state index contributed by atoms with van der Waals surface area (Å²) in [7, 11) is 0. The third-order valence-corrected chi connectivity index (χ3v) is 5.47. The maximum absolute atomic E-state index is 12.7. The van der Waals surface area contributed by atoms with Gasteiger partial charge in [-0.3, -0.25) is 9.59 Å². The number of rotatable bonds is 4. The first-order valence-corrected chi connectivity index (χ1v) is 9.99. The second-order valence-electron chi connectivity index (χ2n) is 7.70. The van der Waals surface area contributed by atoms with Gasteiger partial charge in [0.1, 0.15) is 5.76 Å². The number of hydrogen-bond donors (Lipinski definition) is 0. The Bertz CT molecular complexity index is 1090. The third-order valence-electron chi connectivity index (χ3n) is 5.47. The van der Waals surface area contributed by atoms with E-state index in [1.54, 1.807) is 14.3 Å². The van der Waals surface area contributed by atoms with Crippen LogP contribution in [-0.4, -0.2) is 72.5 Å². The molecule has 30 heavy (non-hydrogen) atoms. The Kier molecular flexibility index (Phi) is 5.23. The molecule has 10 heteroatoms. The maximum Gasteiger partial charge on any atom is 0.252 e. The molecule has 1 aliphatic heterocycles. The fourth-order valence-electron chi connectivity index (χ4n) is 3.75. The van der Waals surface area contributed by atoms with Crippen molar-refractivity contribution in [2.75, 3.05) is 26.2 Å². The largest absolute Gasteiger partial charge is 0.361 e. The first kappa shape index (κ1) is 20.0. The lowest BCUT2D eigenvalue weighted by Gasteiger charge is -2.34. The predicted octanol–water partition coefficient (Wildman–Crippen LogP) is 0.802. The van der Waals surface area contributed by atoms with Crippen molar-refractivity contribution in [3.63, 3.8) is 0 Å². The number of aryl methyl sites for hydroxylation is 4. The molecule has 0 bridgehead atoms. The smallest absolute Gasteiger partial charge is 0.252 e. The summed E-state index contributed by atoms with van der Waals surface area (Å²) < 4.78 is 6.79. The van der Waals surface area contributed by atoms with Crippen molar-refractivity contribution in [1.82, 2.24) is 34.5 Å². The Morgan fingerprint density at radius 1 is 0.967 bits per heavy atom. The van der Waals surface area contributed by atoms with Crippen molar-refractivity contribution < 1.29 is 14.1 Å². The second kappa shape index (κ2) is 7.85. The highest BCUT2D eigenvalue weighted by atomic mass is 16.5. The normalized spacial score (nSPS) is 14.5. The number of fused-ring (bicyclic) bond motifs is 1. The number of carbonyl (C=O) groups is 2. The highest BCUT2D eigenvalue weighted by Crippen LogP contribution is 2.15. The van der Waals surface area contributed by atoms with Crippen molar-refractivity contribution in [3.05, 3.63) is 40.3 Å². The number of carbonyl (C=O) groups excluding carboxylic acids is 2. The standard InChI is InChI=1S/C20H25N7O3/c1-12-9-13(2)27-20(21-12)22-17(23-27)11-19(29)26-7-5-25(6-8-26)18(28)10-16-14(3)24-30-15(16)4/h9H,5-8,10-11H2,1-4H3. The summed E-state index contributed by atoms with van der Waals surface area (Å²) in [5.74, 6) is 1.62. The van der Waals surface area contributed by atoms with Crippen LogP contribution in [0.25, 0.3) is 5.78 Å². The summed E-state index contributed by atoms with van der Waals surface area (Å²) in [6.45, 7) is 9.48. The zero-order chi connectivity index (χ0) is 21.4. The monoisotopic (exact) mass is 411 g/mol. The molecule has 10 nitrogen and oxygen atoms in total. The van der Waals surface area contributed by atoms with E-state index in [1.165, 1.54) is 0 Å². The van der Waals surface area contributed by atoms with Crippen LogP contribution in [0.1, 0.15) is 34.2 Å². The van der Waals surface area contributed by atoms with Gasteiger partial charge < -0.3 is 14.3 Å². The van der Waals surface area contributed by atoms with Crippen LogP contribution in [0.5, 0.6) is 0 Å². The minimum Gasteiger partial charge on any atom is -0.361 e. The summed E-state index contributed by atoms with van der Waals surface area (Å²) in [5.41, 5.74) is 3.38. The molecule has 0 atom stereocenters. The lowest BCUT2D eigenvalue weighted by atomic mass is 10.1. The van der Waals surface area contributed by atoms with Crippen molar-refractivity contribution in [3.8, 4) is 0 Å². The summed E-state index contributed by atoms with van der Waals surface area (Å²) in [5, 5.41) is 8.30. The molecular weight excluding hydrogens is 386 g/mol. The Hall–Kier alpha value is -3.30. The van der Waals surface area contributed by atoms with E-state index in [-0.39, 0.29) is 24.7 Å². The molecule has 0 aromatic carbocycles. The van der Waals surface area contributed by atoms with Gasteiger partial charge in [-0.05, 0) is 33.8 Å². The average molecular weight is 411 g/mol. The van der Waals surface area contributed by atoms with Crippen LogP contribution in [-0.2, 0) is 22.4 Å². The second-order valence-corrected chi connectivity index (χ2v) is 7.70. The van der Waals surface area contributed by atoms with Crippen molar-refractivity contribution >= 4 is 17.6 Å². The van der Waals surface area contributed by atoms with E-state index in [9.17, 15) is 9.59 Å². The quantitative estimate of drug-likeness (QED) is 0.625. The first-order chi connectivity index (χ1) is 14.3. The highest BCUT2D eigenvalue weighted by molar-refractivity contribution is 5.81. The zero-order valence-corrected chi connectivity index (χ0v) is 17.7. The van der Waals surface area contributed by atoms with Crippen LogP contribution in [0.2, 0.25) is 0 Å². The highest BCUT2D eigenvalue weighted by Gasteiger charge is 2.26. The van der Waals surface area contributed by atoms with Gasteiger partial charge in [0.25, 0.3) is 5.78 Å². The summed E-state index contributed by atoms with van der Waals surface area (Å²) >= 11 is 0. The summed E-state index contributed by atoms with van der Waals surface area (Å²) in [6.07, 6.45) is 0.390. The van der Waals surface area contributed by atoms with Gasteiger partial charge in [-0.15, -0.1) is 5.10 Å². The Morgan fingerprint density at radius 3 is 2.20 bits per heavy atom. The molecule has 158 valence electrons. The molecule has 1 fully saturated rings. The van der Waals surface area contributed by atoms with Crippen LogP contribution in [0.3, 0.4) is 0 Å². The van der Waals surface area contributed by atoms with E-state index >= 15 is 0 Å². The van der Waals surface area contributed by atoms with Crippen molar-refractivity contribution in [2.24, 2.45) is 0 Å². The Labute approximate surface area is 173 Å². The van der Waals surface area contributed by atoms with Crippen molar-refractivity contribution in [2.45, 2.75) is 40.5 Å². The molecular formula is C20H25N7O3. The molecule has 1 aliphatic rings. The van der Waals surface area contributed by atoms with E-state index < -0.39 is 0 Å². The lowest BCUT2D eigenvalue weighted by molar-refractivity contribution is -0.138. The van der Waals surface area contributed by atoms with E-state index in [0.29, 0.717) is 43.5 Å². The number of aromatic nitrogens is 5. The van der Waals surface area contributed by atoms with E-state index in [4.69, 9.17) is 4.52 Å². The molecule has 0 saturated carbocycles. The van der Waals surface area contributed by atoms with Crippen LogP contribution in [0.15, 0.2) is 10.6 Å². The molecule has 0 N–H and O–H groups in total. The van der Waals surface area contributed by atoms with E-state index in [0.717, 1.165) is 22.6 Å². The van der Waals surface area contributed by atoms with E-state index in [1.807, 2.05) is 33.8 Å². The molecule has 3 aromatic heterocycles. The lowest BCUT2D eigenvalue weighted by Crippen LogP contribution is -2.51. The van der Waals surface area contributed by atoms with Crippen molar-refractivity contribution in [1.29, 1.82) is 0 Å².